The molecular formula is C15H26N4S. The average Bonchev–Trinajstić information content (AvgIpc) is 2.98. The summed E-state index contributed by atoms with van der Waals surface area (Å²) in [6, 6.07) is 1.45. The van der Waals surface area contributed by atoms with Crippen LogP contribution in [0.25, 0.3) is 0 Å². The first-order valence-electron chi connectivity index (χ1n) is 7.80. The summed E-state index contributed by atoms with van der Waals surface area (Å²) in [7, 11) is 4.36. The smallest absolute Gasteiger partial charge is 0.185 e. The van der Waals surface area contributed by atoms with Crippen LogP contribution in [-0.4, -0.2) is 49.2 Å². The molecule has 1 aromatic rings. The molecule has 1 aliphatic heterocycles. The van der Waals surface area contributed by atoms with Crippen molar-refractivity contribution in [2.45, 2.75) is 51.2 Å². The molecule has 0 spiro atoms. The molecule has 5 heteroatoms. The number of likely N-dealkylation sites (N-methyl/N-ethyl adjacent to an activating group) is 1. The van der Waals surface area contributed by atoms with E-state index in [4.69, 9.17) is 4.98 Å². The quantitative estimate of drug-likeness (QED) is 0.870. The number of aryl methyl sites for hydroxylation is 1. The lowest BCUT2D eigenvalue weighted by Gasteiger charge is -2.19. The number of hydrogen-bond acceptors (Lipinski definition) is 5. The van der Waals surface area contributed by atoms with Gasteiger partial charge in [-0.3, -0.25) is 0 Å². The molecule has 1 saturated carbocycles. The monoisotopic (exact) mass is 294 g/mol. The van der Waals surface area contributed by atoms with Gasteiger partial charge in [0.1, 0.15) is 0 Å². The van der Waals surface area contributed by atoms with Gasteiger partial charge in [0, 0.05) is 36.6 Å². The molecule has 1 saturated heterocycles. The Morgan fingerprint density at radius 2 is 2.15 bits per heavy atom. The summed E-state index contributed by atoms with van der Waals surface area (Å²) in [6.45, 7) is 5.50. The standard InChI is InChI=1S/C15H26N4S/c1-4-13-14(9-16-11-5-6-11)20-15(17-13)19-8-7-12(10-19)18(2)3/h11-12,16H,4-10H2,1-3H3. The van der Waals surface area contributed by atoms with E-state index in [2.05, 4.69) is 36.1 Å². The average molecular weight is 294 g/mol. The van der Waals surface area contributed by atoms with Crippen molar-refractivity contribution in [1.82, 2.24) is 15.2 Å². The van der Waals surface area contributed by atoms with Gasteiger partial charge < -0.3 is 15.1 Å². The highest BCUT2D eigenvalue weighted by Gasteiger charge is 2.27. The lowest BCUT2D eigenvalue weighted by atomic mass is 10.2. The molecule has 0 bridgehead atoms. The SMILES string of the molecule is CCc1nc(N2CCC(N(C)C)C2)sc1CNC1CC1. The van der Waals surface area contributed by atoms with E-state index in [1.165, 1.54) is 35.0 Å². The largest absolute Gasteiger partial charge is 0.346 e. The fraction of sp³-hybridized carbons (Fsp3) is 0.800. The highest BCUT2D eigenvalue weighted by atomic mass is 32.1. The van der Waals surface area contributed by atoms with Crippen molar-refractivity contribution in [3.8, 4) is 0 Å². The van der Waals surface area contributed by atoms with Gasteiger partial charge in [0.15, 0.2) is 5.13 Å². The second kappa shape index (κ2) is 6.00. The van der Waals surface area contributed by atoms with E-state index in [-0.39, 0.29) is 0 Å². The molecule has 1 aromatic heterocycles. The van der Waals surface area contributed by atoms with Crippen molar-refractivity contribution in [2.24, 2.45) is 0 Å². The first kappa shape index (κ1) is 14.3. The Labute approximate surface area is 126 Å². The zero-order valence-corrected chi connectivity index (χ0v) is 13.7. The summed E-state index contributed by atoms with van der Waals surface area (Å²) in [6.07, 6.45) is 5.00. The number of nitrogens with one attached hydrogen (secondary N) is 1. The summed E-state index contributed by atoms with van der Waals surface area (Å²) >= 11 is 1.90. The minimum atomic E-state index is 0.678. The van der Waals surface area contributed by atoms with Gasteiger partial charge >= 0.3 is 0 Å². The van der Waals surface area contributed by atoms with E-state index < -0.39 is 0 Å². The van der Waals surface area contributed by atoms with Crippen LogP contribution in [0.2, 0.25) is 0 Å². The Morgan fingerprint density at radius 1 is 1.35 bits per heavy atom. The first-order valence-corrected chi connectivity index (χ1v) is 8.62. The maximum Gasteiger partial charge on any atom is 0.185 e. The molecule has 0 radical (unpaired) electrons. The highest BCUT2D eigenvalue weighted by molar-refractivity contribution is 7.15. The third-order valence-corrected chi connectivity index (χ3v) is 5.55. The van der Waals surface area contributed by atoms with Crippen molar-refractivity contribution < 1.29 is 0 Å². The van der Waals surface area contributed by atoms with E-state index >= 15 is 0 Å². The highest BCUT2D eigenvalue weighted by Crippen LogP contribution is 2.31. The molecule has 0 aromatic carbocycles. The molecule has 1 aliphatic carbocycles. The van der Waals surface area contributed by atoms with Crippen LogP contribution in [0.1, 0.15) is 36.8 Å². The van der Waals surface area contributed by atoms with Crippen LogP contribution in [0.4, 0.5) is 5.13 Å². The minimum Gasteiger partial charge on any atom is -0.346 e. The van der Waals surface area contributed by atoms with E-state index in [0.717, 1.165) is 32.1 Å². The Bertz CT molecular complexity index is 453. The third kappa shape index (κ3) is 3.15. The molecule has 112 valence electrons. The Balaban J connectivity index is 1.66. The van der Waals surface area contributed by atoms with Gasteiger partial charge in [-0.2, -0.15) is 0 Å². The normalized spacial score (nSPS) is 23.0. The predicted molar refractivity (Wildman–Crippen MR) is 85.7 cm³/mol. The number of hydrogen-bond donors (Lipinski definition) is 1. The Morgan fingerprint density at radius 3 is 2.75 bits per heavy atom. The zero-order valence-electron chi connectivity index (χ0n) is 12.9. The number of aromatic nitrogens is 1. The topological polar surface area (TPSA) is 31.4 Å². The van der Waals surface area contributed by atoms with Crippen molar-refractivity contribution in [3.63, 3.8) is 0 Å². The van der Waals surface area contributed by atoms with Gasteiger partial charge in [-0.15, -0.1) is 11.3 Å². The van der Waals surface area contributed by atoms with Crippen molar-refractivity contribution in [1.29, 1.82) is 0 Å². The van der Waals surface area contributed by atoms with Crippen LogP contribution >= 0.6 is 11.3 Å². The fourth-order valence-electron chi connectivity index (χ4n) is 2.78. The molecule has 20 heavy (non-hydrogen) atoms. The van der Waals surface area contributed by atoms with Crippen LogP contribution in [-0.2, 0) is 13.0 Å². The molecule has 2 fully saturated rings. The number of anilines is 1. The van der Waals surface area contributed by atoms with Gasteiger partial charge in [0.05, 0.1) is 5.69 Å². The molecule has 2 heterocycles. The van der Waals surface area contributed by atoms with E-state index in [9.17, 15) is 0 Å². The Kier molecular flexibility index (Phi) is 4.29. The zero-order chi connectivity index (χ0) is 14.1. The second-order valence-electron chi connectivity index (χ2n) is 6.23. The lowest BCUT2D eigenvalue weighted by molar-refractivity contribution is 0.315. The summed E-state index contributed by atoms with van der Waals surface area (Å²) < 4.78 is 0. The molecular weight excluding hydrogens is 268 g/mol. The van der Waals surface area contributed by atoms with Gasteiger partial charge in [0.25, 0.3) is 0 Å². The number of thiazole rings is 1. The maximum absolute atomic E-state index is 4.89. The second-order valence-corrected chi connectivity index (χ2v) is 7.29. The number of nitrogens with zero attached hydrogens (tertiary/aromatic N) is 3. The summed E-state index contributed by atoms with van der Waals surface area (Å²) in [5.41, 5.74) is 1.30. The van der Waals surface area contributed by atoms with Gasteiger partial charge in [-0.1, -0.05) is 6.92 Å². The van der Waals surface area contributed by atoms with Crippen molar-refractivity contribution in [2.75, 3.05) is 32.1 Å². The molecule has 2 aliphatic rings. The molecule has 1 atom stereocenters. The predicted octanol–water partition coefficient (Wildman–Crippen LogP) is 2.10. The minimum absolute atomic E-state index is 0.678. The van der Waals surface area contributed by atoms with Crippen LogP contribution in [0.5, 0.6) is 0 Å². The number of rotatable bonds is 6. The van der Waals surface area contributed by atoms with Gasteiger partial charge in [-0.05, 0) is 39.8 Å². The fourth-order valence-corrected chi connectivity index (χ4v) is 3.92. The van der Waals surface area contributed by atoms with Crippen LogP contribution in [0, 0.1) is 0 Å². The van der Waals surface area contributed by atoms with Crippen LogP contribution in [0.3, 0.4) is 0 Å². The summed E-state index contributed by atoms with van der Waals surface area (Å²) in [5.74, 6) is 0. The lowest BCUT2D eigenvalue weighted by Crippen LogP contribution is -2.31. The summed E-state index contributed by atoms with van der Waals surface area (Å²) in [4.78, 5) is 11.1. The molecule has 1 N–H and O–H groups in total. The third-order valence-electron chi connectivity index (χ3n) is 4.39. The van der Waals surface area contributed by atoms with E-state index in [1.54, 1.807) is 0 Å². The molecule has 4 nitrogen and oxygen atoms in total. The first-order chi connectivity index (χ1) is 9.67. The maximum atomic E-state index is 4.89. The van der Waals surface area contributed by atoms with Crippen LogP contribution < -0.4 is 10.2 Å². The summed E-state index contributed by atoms with van der Waals surface area (Å²) in [5, 5.41) is 4.86. The molecule has 3 rings (SSSR count). The van der Waals surface area contributed by atoms with E-state index in [1.807, 2.05) is 11.3 Å². The van der Waals surface area contributed by atoms with Crippen molar-refractivity contribution in [3.05, 3.63) is 10.6 Å². The van der Waals surface area contributed by atoms with E-state index in [0.29, 0.717) is 6.04 Å². The van der Waals surface area contributed by atoms with Crippen LogP contribution in [0.15, 0.2) is 0 Å². The molecule has 0 amide bonds. The van der Waals surface area contributed by atoms with Gasteiger partial charge in [-0.25, -0.2) is 4.98 Å². The van der Waals surface area contributed by atoms with Gasteiger partial charge in [0.2, 0.25) is 0 Å². The Hall–Kier alpha value is -0.650. The molecule has 1 unspecified atom stereocenters. The van der Waals surface area contributed by atoms with Crippen molar-refractivity contribution >= 4 is 16.5 Å².